The lowest BCUT2D eigenvalue weighted by Crippen LogP contribution is -2.37. The molecule has 1 amide bonds. The number of anilines is 1. The molecular formula is C25H26N2O2. The number of hydrogen-bond acceptors (Lipinski definition) is 3. The van der Waals surface area contributed by atoms with Gasteiger partial charge in [0.2, 0.25) is 5.91 Å². The highest BCUT2D eigenvalue weighted by molar-refractivity contribution is 5.92. The molecule has 1 heterocycles. The number of phenols is 1. The maximum Gasteiger partial charge on any atom is 0.227 e. The standard InChI is InChI=1S/C25H26N2O2/c28-24-9-5-4-8-22(24)18-27-16-14-21(15-17-27)25(29)26-23-12-10-20(11-13-23)19-6-2-1-3-7-19/h1-13,21,28H,14-18H2,(H,26,29). The van der Waals surface area contributed by atoms with Crippen molar-refractivity contribution in [2.24, 2.45) is 5.92 Å². The summed E-state index contributed by atoms with van der Waals surface area (Å²) in [4.78, 5) is 15.0. The summed E-state index contributed by atoms with van der Waals surface area (Å²) in [6.45, 7) is 2.45. The Morgan fingerprint density at radius 2 is 1.48 bits per heavy atom. The molecule has 0 aromatic heterocycles. The van der Waals surface area contributed by atoms with Crippen molar-refractivity contribution in [3.63, 3.8) is 0 Å². The van der Waals surface area contributed by atoms with Gasteiger partial charge in [-0.15, -0.1) is 0 Å². The molecule has 2 N–H and O–H groups in total. The molecule has 4 rings (SSSR count). The lowest BCUT2D eigenvalue weighted by Gasteiger charge is -2.31. The van der Waals surface area contributed by atoms with E-state index in [-0.39, 0.29) is 11.8 Å². The van der Waals surface area contributed by atoms with Crippen molar-refractivity contribution in [2.45, 2.75) is 19.4 Å². The van der Waals surface area contributed by atoms with E-state index in [2.05, 4.69) is 22.3 Å². The second-order valence-corrected chi connectivity index (χ2v) is 7.61. The molecule has 3 aromatic rings. The fraction of sp³-hybridized carbons (Fsp3) is 0.240. The number of amides is 1. The van der Waals surface area contributed by atoms with Crippen LogP contribution in [0.15, 0.2) is 78.9 Å². The molecule has 1 aliphatic heterocycles. The van der Waals surface area contributed by atoms with Crippen molar-refractivity contribution in [1.29, 1.82) is 0 Å². The van der Waals surface area contributed by atoms with E-state index in [0.29, 0.717) is 5.75 Å². The molecule has 0 unspecified atom stereocenters. The predicted molar refractivity (Wildman–Crippen MR) is 117 cm³/mol. The number of nitrogens with zero attached hydrogens (tertiary/aromatic N) is 1. The number of piperidine rings is 1. The van der Waals surface area contributed by atoms with Crippen molar-refractivity contribution in [2.75, 3.05) is 18.4 Å². The molecule has 0 bridgehead atoms. The van der Waals surface area contributed by atoms with E-state index in [9.17, 15) is 9.90 Å². The van der Waals surface area contributed by atoms with Gasteiger partial charge >= 0.3 is 0 Å². The van der Waals surface area contributed by atoms with Crippen LogP contribution < -0.4 is 5.32 Å². The predicted octanol–water partition coefficient (Wildman–Crippen LogP) is 4.91. The van der Waals surface area contributed by atoms with Gasteiger partial charge in [-0.1, -0.05) is 60.7 Å². The van der Waals surface area contributed by atoms with Gasteiger partial charge in [-0.3, -0.25) is 9.69 Å². The van der Waals surface area contributed by atoms with Crippen LogP contribution in [0.2, 0.25) is 0 Å². The molecular weight excluding hydrogens is 360 g/mol. The molecule has 4 nitrogen and oxygen atoms in total. The summed E-state index contributed by atoms with van der Waals surface area (Å²) in [7, 11) is 0. The second kappa shape index (κ2) is 8.93. The molecule has 0 atom stereocenters. The van der Waals surface area contributed by atoms with Gasteiger partial charge in [0.1, 0.15) is 5.75 Å². The molecule has 29 heavy (non-hydrogen) atoms. The van der Waals surface area contributed by atoms with Crippen LogP contribution in [0, 0.1) is 5.92 Å². The number of hydrogen-bond donors (Lipinski definition) is 2. The Labute approximate surface area is 171 Å². The summed E-state index contributed by atoms with van der Waals surface area (Å²) in [5, 5.41) is 13.0. The topological polar surface area (TPSA) is 52.6 Å². The third kappa shape index (κ3) is 4.84. The molecule has 148 valence electrons. The van der Waals surface area contributed by atoms with Crippen molar-refractivity contribution in [3.05, 3.63) is 84.4 Å². The first-order valence-corrected chi connectivity index (χ1v) is 10.1. The van der Waals surface area contributed by atoms with Gasteiger partial charge in [-0.05, 0) is 55.3 Å². The second-order valence-electron chi connectivity index (χ2n) is 7.61. The van der Waals surface area contributed by atoms with Crippen LogP contribution in [0.4, 0.5) is 5.69 Å². The van der Waals surface area contributed by atoms with Gasteiger partial charge in [0.15, 0.2) is 0 Å². The summed E-state index contributed by atoms with van der Waals surface area (Å²) in [6, 6.07) is 25.7. The van der Waals surface area contributed by atoms with Crippen LogP contribution in [0.3, 0.4) is 0 Å². The third-order valence-electron chi connectivity index (χ3n) is 5.60. The fourth-order valence-corrected chi connectivity index (χ4v) is 3.86. The first kappa shape index (κ1) is 19.2. The number of nitrogens with one attached hydrogen (secondary N) is 1. The van der Waals surface area contributed by atoms with Gasteiger partial charge in [0, 0.05) is 23.7 Å². The smallest absolute Gasteiger partial charge is 0.227 e. The van der Waals surface area contributed by atoms with Crippen LogP contribution >= 0.6 is 0 Å². The number of benzene rings is 3. The van der Waals surface area contributed by atoms with Gasteiger partial charge in [-0.2, -0.15) is 0 Å². The summed E-state index contributed by atoms with van der Waals surface area (Å²) >= 11 is 0. The van der Waals surface area contributed by atoms with Crippen molar-refractivity contribution in [1.82, 2.24) is 4.90 Å². The van der Waals surface area contributed by atoms with E-state index >= 15 is 0 Å². The average molecular weight is 386 g/mol. The summed E-state index contributed by atoms with van der Waals surface area (Å²) < 4.78 is 0. The SMILES string of the molecule is O=C(Nc1ccc(-c2ccccc2)cc1)C1CCN(Cc2ccccc2O)CC1. The number of para-hydroxylation sites is 1. The molecule has 1 aliphatic rings. The quantitative estimate of drug-likeness (QED) is 0.655. The minimum Gasteiger partial charge on any atom is -0.508 e. The third-order valence-corrected chi connectivity index (χ3v) is 5.60. The van der Waals surface area contributed by atoms with Gasteiger partial charge in [0.25, 0.3) is 0 Å². The molecule has 0 radical (unpaired) electrons. The maximum atomic E-state index is 12.7. The zero-order chi connectivity index (χ0) is 20.1. The van der Waals surface area contributed by atoms with Gasteiger partial charge in [0.05, 0.1) is 0 Å². The van der Waals surface area contributed by atoms with Crippen LogP contribution in [0.5, 0.6) is 5.75 Å². The van der Waals surface area contributed by atoms with Gasteiger partial charge in [-0.25, -0.2) is 0 Å². The molecule has 0 saturated carbocycles. The lowest BCUT2D eigenvalue weighted by atomic mass is 9.95. The number of aromatic hydroxyl groups is 1. The van der Waals surface area contributed by atoms with Crippen LogP contribution in [-0.4, -0.2) is 29.0 Å². The lowest BCUT2D eigenvalue weighted by molar-refractivity contribution is -0.121. The first-order chi connectivity index (χ1) is 14.2. The Bertz CT molecular complexity index is 946. The number of carbonyl (C=O) groups is 1. The first-order valence-electron chi connectivity index (χ1n) is 10.1. The van der Waals surface area contributed by atoms with E-state index < -0.39 is 0 Å². The molecule has 4 heteroatoms. The molecule has 1 saturated heterocycles. The molecule has 3 aromatic carbocycles. The maximum absolute atomic E-state index is 12.7. The van der Waals surface area contributed by atoms with E-state index in [4.69, 9.17) is 0 Å². The van der Waals surface area contributed by atoms with E-state index in [1.165, 1.54) is 5.56 Å². The van der Waals surface area contributed by atoms with E-state index in [1.54, 1.807) is 6.07 Å². The fourth-order valence-electron chi connectivity index (χ4n) is 3.86. The Morgan fingerprint density at radius 3 is 2.17 bits per heavy atom. The van der Waals surface area contributed by atoms with Crippen LogP contribution in [0.1, 0.15) is 18.4 Å². The highest BCUT2D eigenvalue weighted by atomic mass is 16.3. The van der Waals surface area contributed by atoms with E-state index in [0.717, 1.165) is 49.3 Å². The Morgan fingerprint density at radius 1 is 0.862 bits per heavy atom. The highest BCUT2D eigenvalue weighted by Gasteiger charge is 2.25. The number of carbonyl (C=O) groups excluding carboxylic acids is 1. The number of likely N-dealkylation sites (tertiary alicyclic amines) is 1. The number of phenolic OH excluding ortho intramolecular Hbond substituents is 1. The minimum atomic E-state index is 0.0319. The monoisotopic (exact) mass is 386 g/mol. The summed E-state index contributed by atoms with van der Waals surface area (Å²) in [6.07, 6.45) is 1.67. The Balaban J connectivity index is 1.29. The zero-order valence-corrected chi connectivity index (χ0v) is 16.4. The van der Waals surface area contributed by atoms with Crippen molar-refractivity contribution in [3.8, 4) is 16.9 Å². The van der Waals surface area contributed by atoms with Gasteiger partial charge < -0.3 is 10.4 Å². The molecule has 0 spiro atoms. The van der Waals surface area contributed by atoms with E-state index in [1.807, 2.05) is 60.7 Å². The van der Waals surface area contributed by atoms with Crippen LogP contribution in [0.25, 0.3) is 11.1 Å². The Kier molecular flexibility index (Phi) is 5.92. The normalized spacial score (nSPS) is 15.2. The zero-order valence-electron chi connectivity index (χ0n) is 16.4. The summed E-state index contributed by atoms with van der Waals surface area (Å²) in [5.74, 6) is 0.468. The average Bonchev–Trinajstić information content (AvgIpc) is 2.77. The molecule has 0 aliphatic carbocycles. The van der Waals surface area contributed by atoms with Crippen LogP contribution in [-0.2, 0) is 11.3 Å². The summed E-state index contributed by atoms with van der Waals surface area (Å²) in [5.41, 5.74) is 4.09. The highest BCUT2D eigenvalue weighted by Crippen LogP contribution is 2.25. The number of rotatable bonds is 5. The molecule has 1 fully saturated rings. The minimum absolute atomic E-state index is 0.0319. The van der Waals surface area contributed by atoms with Crippen molar-refractivity contribution >= 4 is 11.6 Å². The van der Waals surface area contributed by atoms with Crippen molar-refractivity contribution < 1.29 is 9.90 Å². The Hall–Kier alpha value is -3.11. The largest absolute Gasteiger partial charge is 0.508 e.